The predicted octanol–water partition coefficient (Wildman–Crippen LogP) is 2.04. The zero-order valence-electron chi connectivity index (χ0n) is 24.3. The van der Waals surface area contributed by atoms with Crippen LogP contribution in [-0.4, -0.2) is 109 Å². The van der Waals surface area contributed by atoms with Crippen molar-refractivity contribution in [2.24, 2.45) is 11.8 Å². The second-order valence-corrected chi connectivity index (χ2v) is 11.0. The number of nitrogens with one attached hydrogen (secondary N) is 2. The summed E-state index contributed by atoms with van der Waals surface area (Å²) in [5.74, 6) is -0.283. The first kappa shape index (κ1) is 34.8. The number of carboxylic acid groups (broad SMARTS) is 1. The van der Waals surface area contributed by atoms with E-state index in [1.54, 1.807) is 11.9 Å². The minimum atomic E-state index is -0.947. The van der Waals surface area contributed by atoms with E-state index in [9.17, 15) is 19.2 Å². The van der Waals surface area contributed by atoms with Crippen molar-refractivity contribution in [2.75, 3.05) is 53.4 Å². The topological polar surface area (TPSA) is 122 Å². The fourth-order valence-corrected chi connectivity index (χ4v) is 4.26. The summed E-state index contributed by atoms with van der Waals surface area (Å²) in [5.41, 5.74) is 0. The van der Waals surface area contributed by atoms with Gasteiger partial charge in [-0.05, 0) is 64.2 Å². The minimum absolute atomic E-state index is 0.0533. The van der Waals surface area contributed by atoms with Gasteiger partial charge in [0.2, 0.25) is 18.2 Å². The molecular weight excluding hydrogens is 474 g/mol. The average Bonchev–Trinajstić information content (AvgIpc) is 3.29. The van der Waals surface area contributed by atoms with Gasteiger partial charge in [-0.3, -0.25) is 24.1 Å². The Kier molecular flexibility index (Phi) is 18.7. The lowest BCUT2D eigenvalue weighted by Gasteiger charge is -2.36. The van der Waals surface area contributed by atoms with Gasteiger partial charge < -0.3 is 25.5 Å². The SMILES string of the molecule is CC(C)C.CC(C)[C@@H](CN1CCC[C@H]1C(=O)NCCC(=O)O)N(C)C(=O)CNC=O.CN1CCCCC1. The van der Waals surface area contributed by atoms with E-state index < -0.39 is 5.97 Å². The Bertz CT molecular complexity index is 665. The van der Waals surface area contributed by atoms with Crippen LogP contribution in [0.2, 0.25) is 0 Å². The summed E-state index contributed by atoms with van der Waals surface area (Å²) >= 11 is 0. The molecule has 2 heterocycles. The van der Waals surface area contributed by atoms with E-state index in [-0.39, 0.29) is 49.3 Å². The van der Waals surface area contributed by atoms with E-state index in [4.69, 9.17) is 5.11 Å². The lowest BCUT2D eigenvalue weighted by Crippen LogP contribution is -2.53. The van der Waals surface area contributed by atoms with Crippen molar-refractivity contribution in [2.45, 2.75) is 85.2 Å². The molecule has 37 heavy (non-hydrogen) atoms. The molecule has 3 amide bonds. The maximum absolute atomic E-state index is 12.4. The molecule has 10 nitrogen and oxygen atoms in total. The summed E-state index contributed by atoms with van der Waals surface area (Å²) < 4.78 is 0. The van der Waals surface area contributed by atoms with Crippen LogP contribution in [0.15, 0.2) is 0 Å². The molecule has 0 unspecified atom stereocenters. The first-order valence-electron chi connectivity index (χ1n) is 13.7. The van der Waals surface area contributed by atoms with Crippen LogP contribution in [0.25, 0.3) is 0 Å². The van der Waals surface area contributed by atoms with Gasteiger partial charge in [-0.1, -0.05) is 41.0 Å². The molecule has 3 N–H and O–H groups in total. The molecule has 0 aliphatic carbocycles. The van der Waals surface area contributed by atoms with Crippen LogP contribution in [0.1, 0.15) is 73.1 Å². The third-order valence-corrected chi connectivity index (χ3v) is 6.30. The highest BCUT2D eigenvalue weighted by Gasteiger charge is 2.34. The molecular formula is C27H53N5O5. The van der Waals surface area contributed by atoms with E-state index in [2.05, 4.69) is 48.3 Å². The van der Waals surface area contributed by atoms with Crippen molar-refractivity contribution >= 4 is 24.2 Å². The van der Waals surface area contributed by atoms with E-state index in [1.807, 2.05) is 13.8 Å². The van der Waals surface area contributed by atoms with Crippen molar-refractivity contribution in [3.05, 3.63) is 0 Å². The zero-order chi connectivity index (χ0) is 28.4. The summed E-state index contributed by atoms with van der Waals surface area (Å²) in [6.45, 7) is 14.5. The molecule has 2 rings (SSSR count). The van der Waals surface area contributed by atoms with Gasteiger partial charge in [0.25, 0.3) is 0 Å². The number of carbonyl (C=O) groups is 4. The summed E-state index contributed by atoms with van der Waals surface area (Å²) in [6, 6.07) is -0.398. The highest BCUT2D eigenvalue weighted by Crippen LogP contribution is 2.21. The van der Waals surface area contributed by atoms with Gasteiger partial charge in [-0.15, -0.1) is 0 Å². The normalized spacial score (nSPS) is 18.7. The molecule has 2 atom stereocenters. The van der Waals surface area contributed by atoms with E-state index in [1.165, 1.54) is 32.4 Å². The predicted molar refractivity (Wildman–Crippen MR) is 147 cm³/mol. The molecule has 2 saturated heterocycles. The number of likely N-dealkylation sites (tertiary alicyclic amines) is 2. The van der Waals surface area contributed by atoms with Crippen LogP contribution in [0.3, 0.4) is 0 Å². The van der Waals surface area contributed by atoms with Gasteiger partial charge in [-0.2, -0.15) is 0 Å². The fourth-order valence-electron chi connectivity index (χ4n) is 4.26. The number of piperidine rings is 1. The summed E-state index contributed by atoms with van der Waals surface area (Å²) in [7, 11) is 3.90. The largest absolute Gasteiger partial charge is 0.481 e. The van der Waals surface area contributed by atoms with Crippen LogP contribution < -0.4 is 10.6 Å². The quantitative estimate of drug-likeness (QED) is 0.352. The number of rotatable bonds is 11. The first-order chi connectivity index (χ1) is 17.4. The molecule has 2 fully saturated rings. The maximum atomic E-state index is 12.4. The number of amides is 3. The van der Waals surface area contributed by atoms with Gasteiger partial charge in [0.15, 0.2) is 0 Å². The minimum Gasteiger partial charge on any atom is -0.481 e. The molecule has 10 heteroatoms. The van der Waals surface area contributed by atoms with Gasteiger partial charge in [0.05, 0.1) is 19.0 Å². The lowest BCUT2D eigenvalue weighted by molar-refractivity contribution is -0.137. The smallest absolute Gasteiger partial charge is 0.305 e. The third kappa shape index (κ3) is 16.3. The maximum Gasteiger partial charge on any atom is 0.305 e. The molecule has 2 aliphatic rings. The summed E-state index contributed by atoms with van der Waals surface area (Å²) in [4.78, 5) is 51.6. The zero-order valence-corrected chi connectivity index (χ0v) is 24.3. The average molecular weight is 528 g/mol. The van der Waals surface area contributed by atoms with Crippen LogP contribution in [0.4, 0.5) is 0 Å². The molecule has 216 valence electrons. The van der Waals surface area contributed by atoms with E-state index in [0.29, 0.717) is 19.4 Å². The highest BCUT2D eigenvalue weighted by molar-refractivity contribution is 5.82. The van der Waals surface area contributed by atoms with Crippen molar-refractivity contribution < 1.29 is 24.3 Å². The number of hydrogen-bond acceptors (Lipinski definition) is 6. The standard InChI is InChI=1S/C17H30N4O5.C6H13N.C4H10/c1-12(2)14(20(3)15(23)9-18-11-22)10-21-8-4-5-13(21)17(26)19-7-6-16(24)25;1-7-5-3-2-4-6-7;1-4(2)3/h11-14H,4-10H2,1-3H3,(H,18,22)(H,19,26)(H,24,25);2-6H2,1H3;4H,1-3H3/t13-,14+;;/m0../s1. The van der Waals surface area contributed by atoms with Crippen molar-refractivity contribution in [3.63, 3.8) is 0 Å². The van der Waals surface area contributed by atoms with E-state index >= 15 is 0 Å². The van der Waals surface area contributed by atoms with Crippen molar-refractivity contribution in [3.8, 4) is 0 Å². The number of likely N-dealkylation sites (N-methyl/N-ethyl adjacent to an activating group) is 1. The van der Waals surface area contributed by atoms with Crippen LogP contribution >= 0.6 is 0 Å². The second-order valence-electron chi connectivity index (χ2n) is 11.0. The van der Waals surface area contributed by atoms with E-state index in [0.717, 1.165) is 18.9 Å². The number of nitrogens with zero attached hydrogens (tertiary/aromatic N) is 3. The molecule has 0 aromatic heterocycles. The number of hydrogen-bond donors (Lipinski definition) is 3. The van der Waals surface area contributed by atoms with Gasteiger partial charge in [0.1, 0.15) is 0 Å². The molecule has 0 spiro atoms. The number of carboxylic acids is 1. The molecule has 0 aromatic carbocycles. The second kappa shape index (κ2) is 19.9. The third-order valence-electron chi connectivity index (χ3n) is 6.30. The molecule has 0 aromatic rings. The molecule has 0 radical (unpaired) electrons. The van der Waals surface area contributed by atoms with Gasteiger partial charge >= 0.3 is 5.97 Å². The number of carbonyl (C=O) groups excluding carboxylic acids is 3. The first-order valence-corrected chi connectivity index (χ1v) is 13.7. The van der Waals surface area contributed by atoms with Crippen LogP contribution in [0.5, 0.6) is 0 Å². The Morgan fingerprint density at radius 2 is 1.62 bits per heavy atom. The fraction of sp³-hybridized carbons (Fsp3) is 0.852. The summed E-state index contributed by atoms with van der Waals surface area (Å²) in [6.07, 6.45) is 6.26. The number of aliphatic carboxylic acids is 1. The van der Waals surface area contributed by atoms with Gasteiger partial charge in [-0.25, -0.2) is 0 Å². The monoisotopic (exact) mass is 527 g/mol. The van der Waals surface area contributed by atoms with Crippen molar-refractivity contribution in [1.29, 1.82) is 0 Å². The molecule has 2 aliphatic heterocycles. The molecule has 0 bridgehead atoms. The lowest BCUT2D eigenvalue weighted by atomic mass is 10.0. The Balaban J connectivity index is 0.000000968. The van der Waals surface area contributed by atoms with Crippen LogP contribution in [-0.2, 0) is 19.2 Å². The van der Waals surface area contributed by atoms with Crippen LogP contribution in [0, 0.1) is 11.8 Å². The Morgan fingerprint density at radius 3 is 2.08 bits per heavy atom. The summed E-state index contributed by atoms with van der Waals surface area (Å²) in [5, 5.41) is 13.7. The molecule has 0 saturated carbocycles. The van der Waals surface area contributed by atoms with Crippen molar-refractivity contribution in [1.82, 2.24) is 25.3 Å². The Labute approximate surface area is 224 Å². The Morgan fingerprint density at radius 1 is 1.03 bits per heavy atom. The van der Waals surface area contributed by atoms with Gasteiger partial charge in [0, 0.05) is 26.2 Å². The Hall–Kier alpha value is -2.20. The highest BCUT2D eigenvalue weighted by atomic mass is 16.4.